The number of piperidine rings is 1. The standard InChI is InChI=1S/C18H30N4O2/c1-13(23)19-10-14-7-6-8-22(11-14)16-9-15(12-24-5)20-17(21-16)18(2,3)4/h9,14H,6-8,10-12H2,1-5H3,(H,19,23). The molecule has 2 heterocycles. The summed E-state index contributed by atoms with van der Waals surface area (Å²) >= 11 is 0. The van der Waals surface area contributed by atoms with E-state index in [4.69, 9.17) is 9.72 Å². The maximum atomic E-state index is 11.2. The number of hydrogen-bond acceptors (Lipinski definition) is 5. The zero-order valence-electron chi connectivity index (χ0n) is 15.6. The van der Waals surface area contributed by atoms with Gasteiger partial charge in [-0.15, -0.1) is 0 Å². The number of hydrogen-bond donors (Lipinski definition) is 1. The number of rotatable bonds is 5. The van der Waals surface area contributed by atoms with E-state index in [9.17, 15) is 4.79 Å². The van der Waals surface area contributed by atoms with Crippen molar-refractivity contribution in [2.24, 2.45) is 5.92 Å². The molecular weight excluding hydrogens is 304 g/mol. The van der Waals surface area contributed by atoms with Gasteiger partial charge in [-0.3, -0.25) is 4.79 Å². The van der Waals surface area contributed by atoms with E-state index >= 15 is 0 Å². The summed E-state index contributed by atoms with van der Waals surface area (Å²) in [4.78, 5) is 22.9. The van der Waals surface area contributed by atoms with Crippen molar-refractivity contribution in [3.63, 3.8) is 0 Å². The summed E-state index contributed by atoms with van der Waals surface area (Å²) < 4.78 is 5.27. The van der Waals surface area contributed by atoms with Crippen molar-refractivity contribution < 1.29 is 9.53 Å². The van der Waals surface area contributed by atoms with Crippen LogP contribution in [0.3, 0.4) is 0 Å². The lowest BCUT2D eigenvalue weighted by Gasteiger charge is -2.34. The highest BCUT2D eigenvalue weighted by Crippen LogP contribution is 2.26. The Balaban J connectivity index is 2.19. The van der Waals surface area contributed by atoms with E-state index in [1.54, 1.807) is 14.0 Å². The van der Waals surface area contributed by atoms with Crippen molar-refractivity contribution in [3.8, 4) is 0 Å². The highest BCUT2D eigenvalue weighted by atomic mass is 16.5. The van der Waals surface area contributed by atoms with Gasteiger partial charge in [0.1, 0.15) is 11.6 Å². The normalized spacial score (nSPS) is 18.5. The van der Waals surface area contributed by atoms with Crippen LogP contribution in [-0.4, -0.2) is 42.6 Å². The fourth-order valence-corrected chi connectivity index (χ4v) is 2.93. The summed E-state index contributed by atoms with van der Waals surface area (Å²) in [5.41, 5.74) is 0.806. The molecule has 6 heteroatoms. The molecule has 0 radical (unpaired) electrons. The average Bonchev–Trinajstić information content (AvgIpc) is 2.52. The maximum Gasteiger partial charge on any atom is 0.216 e. The van der Waals surface area contributed by atoms with E-state index < -0.39 is 0 Å². The molecule has 6 nitrogen and oxygen atoms in total. The molecule has 0 aromatic carbocycles. The summed E-state index contributed by atoms with van der Waals surface area (Å²) in [5.74, 6) is 2.30. The fourth-order valence-electron chi connectivity index (χ4n) is 2.93. The Morgan fingerprint density at radius 3 is 2.79 bits per heavy atom. The predicted molar refractivity (Wildman–Crippen MR) is 95.1 cm³/mol. The SMILES string of the molecule is COCc1cc(N2CCCC(CNC(C)=O)C2)nc(C(C)(C)C)n1. The fraction of sp³-hybridized carbons (Fsp3) is 0.722. The van der Waals surface area contributed by atoms with Crippen LogP contribution in [0.2, 0.25) is 0 Å². The lowest BCUT2D eigenvalue weighted by Crippen LogP contribution is -2.41. The van der Waals surface area contributed by atoms with Crippen molar-refractivity contribution >= 4 is 11.7 Å². The molecule has 1 N–H and O–H groups in total. The number of ether oxygens (including phenoxy) is 1. The molecule has 1 fully saturated rings. The van der Waals surface area contributed by atoms with E-state index in [0.717, 1.165) is 49.8 Å². The van der Waals surface area contributed by atoms with Crippen LogP contribution in [0.25, 0.3) is 0 Å². The van der Waals surface area contributed by atoms with Gasteiger partial charge in [-0.05, 0) is 18.8 Å². The Labute approximate surface area is 145 Å². The van der Waals surface area contributed by atoms with E-state index in [1.807, 2.05) is 6.07 Å². The number of nitrogens with one attached hydrogen (secondary N) is 1. The van der Waals surface area contributed by atoms with Crippen LogP contribution in [-0.2, 0) is 21.6 Å². The van der Waals surface area contributed by atoms with E-state index in [-0.39, 0.29) is 11.3 Å². The van der Waals surface area contributed by atoms with Gasteiger partial charge >= 0.3 is 0 Å². The Hall–Kier alpha value is -1.69. The van der Waals surface area contributed by atoms with Crippen molar-refractivity contribution in [3.05, 3.63) is 17.6 Å². The van der Waals surface area contributed by atoms with E-state index in [1.165, 1.54) is 0 Å². The monoisotopic (exact) mass is 334 g/mol. The molecule has 134 valence electrons. The second-order valence-electron chi connectivity index (χ2n) is 7.62. The number of methoxy groups -OCH3 is 1. The van der Waals surface area contributed by atoms with Gasteiger partial charge in [-0.25, -0.2) is 9.97 Å². The van der Waals surface area contributed by atoms with Crippen LogP contribution < -0.4 is 10.2 Å². The number of nitrogens with zero attached hydrogens (tertiary/aromatic N) is 3. The highest BCUT2D eigenvalue weighted by molar-refractivity contribution is 5.72. The lowest BCUT2D eigenvalue weighted by atomic mass is 9.95. The smallest absolute Gasteiger partial charge is 0.216 e. The number of aromatic nitrogens is 2. The quantitative estimate of drug-likeness (QED) is 0.895. The molecule has 1 amide bonds. The molecule has 24 heavy (non-hydrogen) atoms. The predicted octanol–water partition coefficient (Wildman–Crippen LogP) is 2.27. The first-order valence-corrected chi connectivity index (χ1v) is 8.66. The minimum absolute atomic E-state index is 0.0339. The van der Waals surface area contributed by atoms with Crippen LogP contribution in [0.15, 0.2) is 6.07 Å². The van der Waals surface area contributed by atoms with Crippen LogP contribution in [0.4, 0.5) is 5.82 Å². The Morgan fingerprint density at radius 2 is 2.17 bits per heavy atom. The van der Waals surface area contributed by atoms with Gasteiger partial charge in [0.15, 0.2) is 0 Å². The molecule has 0 spiro atoms. The number of carbonyl (C=O) groups is 1. The van der Waals surface area contributed by atoms with E-state index in [0.29, 0.717) is 12.5 Å². The van der Waals surface area contributed by atoms with Crippen molar-refractivity contribution in [1.82, 2.24) is 15.3 Å². The van der Waals surface area contributed by atoms with Gasteiger partial charge in [0.25, 0.3) is 0 Å². The van der Waals surface area contributed by atoms with Gasteiger partial charge in [-0.2, -0.15) is 0 Å². The maximum absolute atomic E-state index is 11.2. The molecule has 1 saturated heterocycles. The summed E-state index contributed by atoms with van der Waals surface area (Å²) in [7, 11) is 1.68. The van der Waals surface area contributed by atoms with Crippen molar-refractivity contribution in [1.29, 1.82) is 0 Å². The first-order chi connectivity index (χ1) is 11.3. The van der Waals surface area contributed by atoms with Gasteiger partial charge in [-0.1, -0.05) is 20.8 Å². The number of anilines is 1. The molecule has 1 aliphatic heterocycles. The third-order valence-electron chi connectivity index (χ3n) is 4.21. The molecular formula is C18H30N4O2. The molecule has 1 atom stereocenters. The molecule has 1 aliphatic rings. The third-order valence-corrected chi connectivity index (χ3v) is 4.21. The largest absolute Gasteiger partial charge is 0.378 e. The van der Waals surface area contributed by atoms with Crippen LogP contribution in [0.1, 0.15) is 52.1 Å². The van der Waals surface area contributed by atoms with Crippen LogP contribution in [0.5, 0.6) is 0 Å². The van der Waals surface area contributed by atoms with Crippen molar-refractivity contribution in [2.45, 2.75) is 52.6 Å². The summed E-state index contributed by atoms with van der Waals surface area (Å²) in [6.07, 6.45) is 2.25. The molecule has 0 saturated carbocycles. The zero-order valence-corrected chi connectivity index (χ0v) is 15.6. The first-order valence-electron chi connectivity index (χ1n) is 8.66. The molecule has 1 aromatic rings. The zero-order chi connectivity index (χ0) is 17.7. The molecule has 1 aromatic heterocycles. The summed E-state index contributed by atoms with van der Waals surface area (Å²) in [5, 5.41) is 2.94. The molecule has 1 unspecified atom stereocenters. The van der Waals surface area contributed by atoms with Gasteiger partial charge in [0.2, 0.25) is 5.91 Å². The average molecular weight is 334 g/mol. The second kappa shape index (κ2) is 7.92. The Morgan fingerprint density at radius 1 is 1.42 bits per heavy atom. The molecule has 0 bridgehead atoms. The minimum Gasteiger partial charge on any atom is -0.378 e. The third kappa shape index (κ3) is 5.16. The summed E-state index contributed by atoms with van der Waals surface area (Å²) in [6, 6.07) is 2.03. The Bertz CT molecular complexity index is 569. The minimum atomic E-state index is -0.107. The Kier molecular flexibility index (Phi) is 6.15. The molecule has 0 aliphatic carbocycles. The van der Waals surface area contributed by atoms with Crippen LogP contribution in [0, 0.1) is 5.92 Å². The highest BCUT2D eigenvalue weighted by Gasteiger charge is 2.24. The summed E-state index contributed by atoms with van der Waals surface area (Å²) in [6.45, 7) is 11.1. The topological polar surface area (TPSA) is 67.3 Å². The number of amides is 1. The molecule has 2 rings (SSSR count). The van der Waals surface area contributed by atoms with Gasteiger partial charge in [0, 0.05) is 45.1 Å². The van der Waals surface area contributed by atoms with Gasteiger partial charge < -0.3 is 15.0 Å². The lowest BCUT2D eigenvalue weighted by molar-refractivity contribution is -0.119. The van der Waals surface area contributed by atoms with Crippen molar-refractivity contribution in [2.75, 3.05) is 31.6 Å². The first kappa shape index (κ1) is 18.6. The van der Waals surface area contributed by atoms with E-state index in [2.05, 4.69) is 36.0 Å². The van der Waals surface area contributed by atoms with Crippen LogP contribution >= 0.6 is 0 Å². The number of carbonyl (C=O) groups excluding carboxylic acids is 1. The van der Waals surface area contributed by atoms with Gasteiger partial charge in [0.05, 0.1) is 12.3 Å². The second-order valence-corrected chi connectivity index (χ2v) is 7.62.